The van der Waals surface area contributed by atoms with Gasteiger partial charge in [-0.2, -0.15) is 0 Å². The van der Waals surface area contributed by atoms with E-state index in [0.29, 0.717) is 28.8 Å². The number of carbonyl (C=O) groups is 1. The molecule has 4 nitrogen and oxygen atoms in total. The third-order valence-electron chi connectivity index (χ3n) is 6.08. The maximum Gasteiger partial charge on any atom is 0.255 e. The van der Waals surface area contributed by atoms with E-state index in [1.807, 2.05) is 18.2 Å². The van der Waals surface area contributed by atoms with Gasteiger partial charge in [0.15, 0.2) is 0 Å². The highest BCUT2D eigenvalue weighted by Crippen LogP contribution is 2.34. The molecule has 1 saturated carbocycles. The van der Waals surface area contributed by atoms with Crippen molar-refractivity contribution < 1.29 is 9.53 Å². The Balaban J connectivity index is 1.52. The molecule has 25 heavy (non-hydrogen) atoms. The lowest BCUT2D eigenvalue weighted by atomic mass is 9.96. The number of likely N-dealkylation sites (N-methyl/N-ethyl adjacent to an activating group) is 1. The van der Waals surface area contributed by atoms with E-state index in [0.717, 1.165) is 57.5 Å². The monoisotopic (exact) mass is 362 g/mol. The SMILES string of the molecule is CCN1CCC2CCC(C1)N2C(=O)c1ccc(OC2CCC2)cc1Cl. The normalized spacial score (nSPS) is 27.0. The number of hydrogen-bond donors (Lipinski definition) is 0. The van der Waals surface area contributed by atoms with Crippen LogP contribution in [-0.4, -0.2) is 53.5 Å². The van der Waals surface area contributed by atoms with Crippen molar-refractivity contribution in [3.05, 3.63) is 28.8 Å². The summed E-state index contributed by atoms with van der Waals surface area (Å²) in [5.41, 5.74) is 0.615. The fraction of sp³-hybridized carbons (Fsp3) is 0.650. The first-order valence-electron chi connectivity index (χ1n) is 9.67. The van der Waals surface area contributed by atoms with Crippen molar-refractivity contribution in [1.29, 1.82) is 0 Å². The van der Waals surface area contributed by atoms with Crippen molar-refractivity contribution in [3.63, 3.8) is 0 Å². The Bertz CT molecular complexity index is 647. The predicted molar refractivity (Wildman–Crippen MR) is 99.4 cm³/mol. The van der Waals surface area contributed by atoms with E-state index >= 15 is 0 Å². The number of ether oxygens (including phenoxy) is 1. The largest absolute Gasteiger partial charge is 0.490 e. The average molecular weight is 363 g/mol. The molecule has 4 rings (SSSR count). The van der Waals surface area contributed by atoms with E-state index < -0.39 is 0 Å². The van der Waals surface area contributed by atoms with Gasteiger partial charge in [0.05, 0.1) is 16.7 Å². The summed E-state index contributed by atoms with van der Waals surface area (Å²) < 4.78 is 5.90. The van der Waals surface area contributed by atoms with Crippen LogP contribution < -0.4 is 4.74 Å². The van der Waals surface area contributed by atoms with Crippen molar-refractivity contribution in [2.45, 2.75) is 63.6 Å². The molecule has 0 N–H and O–H groups in total. The molecule has 0 spiro atoms. The molecule has 1 amide bonds. The van der Waals surface area contributed by atoms with Gasteiger partial charge >= 0.3 is 0 Å². The quantitative estimate of drug-likeness (QED) is 0.812. The molecule has 0 aromatic heterocycles. The van der Waals surface area contributed by atoms with Gasteiger partial charge in [-0.25, -0.2) is 0 Å². The molecule has 2 saturated heterocycles. The number of benzene rings is 1. The van der Waals surface area contributed by atoms with Crippen LogP contribution in [0.5, 0.6) is 5.75 Å². The minimum absolute atomic E-state index is 0.0886. The zero-order valence-corrected chi connectivity index (χ0v) is 15.7. The van der Waals surface area contributed by atoms with Crippen molar-refractivity contribution >= 4 is 17.5 Å². The van der Waals surface area contributed by atoms with Crippen LogP contribution in [0.4, 0.5) is 0 Å². The van der Waals surface area contributed by atoms with Crippen LogP contribution >= 0.6 is 11.6 Å². The van der Waals surface area contributed by atoms with Crippen LogP contribution in [0.1, 0.15) is 55.8 Å². The van der Waals surface area contributed by atoms with Gasteiger partial charge in [-0.1, -0.05) is 18.5 Å². The number of likely N-dealkylation sites (tertiary alicyclic amines) is 1. The van der Waals surface area contributed by atoms with Gasteiger partial charge in [0.25, 0.3) is 5.91 Å². The maximum absolute atomic E-state index is 13.2. The Morgan fingerprint density at radius 1 is 1.20 bits per heavy atom. The number of halogens is 1. The standard InChI is InChI=1S/C20H27ClN2O2/c1-2-22-11-10-14-6-7-15(13-22)23(14)20(24)18-9-8-17(12-19(18)21)25-16-4-3-5-16/h8-9,12,14-16H,2-7,10-11,13H2,1H3. The van der Waals surface area contributed by atoms with Crippen molar-refractivity contribution in [2.24, 2.45) is 0 Å². The molecule has 2 bridgehead atoms. The van der Waals surface area contributed by atoms with Crippen LogP contribution in [0.25, 0.3) is 0 Å². The van der Waals surface area contributed by atoms with E-state index in [4.69, 9.17) is 16.3 Å². The summed E-state index contributed by atoms with van der Waals surface area (Å²) in [4.78, 5) is 17.8. The maximum atomic E-state index is 13.2. The Kier molecular flexibility index (Phi) is 4.92. The molecule has 2 atom stereocenters. The zero-order chi connectivity index (χ0) is 17.4. The molecule has 3 fully saturated rings. The molecular weight excluding hydrogens is 336 g/mol. The molecule has 1 aromatic carbocycles. The number of carbonyl (C=O) groups excluding carboxylic acids is 1. The zero-order valence-electron chi connectivity index (χ0n) is 14.9. The predicted octanol–water partition coefficient (Wildman–Crippen LogP) is 3.97. The summed E-state index contributed by atoms with van der Waals surface area (Å²) in [7, 11) is 0. The minimum atomic E-state index is 0.0886. The van der Waals surface area contributed by atoms with E-state index in [9.17, 15) is 4.79 Å². The Labute approximate surface area is 155 Å². The second kappa shape index (κ2) is 7.16. The molecule has 2 aliphatic heterocycles. The van der Waals surface area contributed by atoms with Gasteiger partial charge in [0, 0.05) is 25.2 Å². The summed E-state index contributed by atoms with van der Waals surface area (Å²) in [6.07, 6.45) is 7.08. The van der Waals surface area contributed by atoms with Crippen molar-refractivity contribution in [3.8, 4) is 5.75 Å². The van der Waals surface area contributed by atoms with Crippen LogP contribution in [0.15, 0.2) is 18.2 Å². The number of nitrogens with zero attached hydrogens (tertiary/aromatic N) is 2. The molecule has 2 heterocycles. The molecule has 0 radical (unpaired) electrons. The van der Waals surface area contributed by atoms with E-state index in [1.54, 1.807) is 0 Å². The van der Waals surface area contributed by atoms with Gasteiger partial charge in [-0.15, -0.1) is 0 Å². The number of fused-ring (bicyclic) bond motifs is 2. The first-order chi connectivity index (χ1) is 12.2. The van der Waals surface area contributed by atoms with Crippen LogP contribution in [0, 0.1) is 0 Å². The number of rotatable bonds is 4. The fourth-order valence-electron chi connectivity index (χ4n) is 4.33. The van der Waals surface area contributed by atoms with E-state index in [-0.39, 0.29) is 5.91 Å². The lowest BCUT2D eigenvalue weighted by Gasteiger charge is -2.29. The highest BCUT2D eigenvalue weighted by Gasteiger charge is 2.40. The highest BCUT2D eigenvalue weighted by atomic mass is 35.5. The molecule has 5 heteroatoms. The molecule has 3 aliphatic rings. The minimum Gasteiger partial charge on any atom is -0.490 e. The second-order valence-electron chi connectivity index (χ2n) is 7.59. The Hall–Kier alpha value is -1.26. The summed E-state index contributed by atoms with van der Waals surface area (Å²) in [6, 6.07) is 6.24. The third-order valence-corrected chi connectivity index (χ3v) is 6.39. The first-order valence-corrected chi connectivity index (χ1v) is 10.0. The summed E-state index contributed by atoms with van der Waals surface area (Å²) in [5.74, 6) is 0.868. The summed E-state index contributed by atoms with van der Waals surface area (Å²) >= 11 is 6.46. The first kappa shape index (κ1) is 17.2. The fourth-order valence-corrected chi connectivity index (χ4v) is 4.58. The van der Waals surface area contributed by atoms with Crippen LogP contribution in [0.2, 0.25) is 5.02 Å². The molecule has 1 aromatic rings. The van der Waals surface area contributed by atoms with Crippen LogP contribution in [-0.2, 0) is 0 Å². The highest BCUT2D eigenvalue weighted by molar-refractivity contribution is 6.34. The number of amides is 1. The molecular formula is C20H27ClN2O2. The van der Waals surface area contributed by atoms with Gasteiger partial charge < -0.3 is 14.5 Å². The average Bonchev–Trinajstić information content (AvgIpc) is 2.85. The van der Waals surface area contributed by atoms with Gasteiger partial charge in [0.2, 0.25) is 0 Å². The Morgan fingerprint density at radius 3 is 2.68 bits per heavy atom. The molecule has 1 aliphatic carbocycles. The Morgan fingerprint density at radius 2 is 2.00 bits per heavy atom. The summed E-state index contributed by atoms with van der Waals surface area (Å²) in [5, 5.41) is 0.512. The van der Waals surface area contributed by atoms with Gasteiger partial charge in [-0.05, 0) is 63.3 Å². The smallest absolute Gasteiger partial charge is 0.255 e. The summed E-state index contributed by atoms with van der Waals surface area (Å²) in [6.45, 7) is 5.32. The third kappa shape index (κ3) is 3.39. The lowest BCUT2D eigenvalue weighted by molar-refractivity contribution is 0.0671. The van der Waals surface area contributed by atoms with E-state index in [1.165, 1.54) is 6.42 Å². The lowest BCUT2D eigenvalue weighted by Crippen LogP contribution is -2.43. The van der Waals surface area contributed by atoms with E-state index in [2.05, 4.69) is 16.7 Å². The number of hydrogen-bond acceptors (Lipinski definition) is 3. The van der Waals surface area contributed by atoms with Crippen molar-refractivity contribution in [1.82, 2.24) is 9.80 Å². The molecule has 136 valence electrons. The van der Waals surface area contributed by atoms with Gasteiger partial charge in [-0.3, -0.25) is 4.79 Å². The van der Waals surface area contributed by atoms with Crippen LogP contribution in [0.3, 0.4) is 0 Å². The molecule has 2 unspecified atom stereocenters. The van der Waals surface area contributed by atoms with Gasteiger partial charge in [0.1, 0.15) is 5.75 Å². The topological polar surface area (TPSA) is 32.8 Å². The second-order valence-corrected chi connectivity index (χ2v) is 8.00. The van der Waals surface area contributed by atoms with Crippen molar-refractivity contribution in [2.75, 3.05) is 19.6 Å².